The van der Waals surface area contributed by atoms with Crippen LogP contribution in [0.4, 0.5) is 5.69 Å². The van der Waals surface area contributed by atoms with E-state index in [-0.39, 0.29) is 5.92 Å². The normalized spacial score (nSPS) is 23.8. The number of benzene rings is 1. The molecular formula is C16H21NO2. The highest BCUT2D eigenvalue weighted by Gasteiger charge is 2.37. The molecule has 102 valence electrons. The Kier molecular flexibility index (Phi) is 3.21. The number of hydrogen-bond acceptors (Lipinski definition) is 2. The fourth-order valence-corrected chi connectivity index (χ4v) is 3.35. The zero-order chi connectivity index (χ0) is 13.4. The van der Waals surface area contributed by atoms with E-state index in [2.05, 4.69) is 29.2 Å². The molecule has 3 rings (SSSR count). The van der Waals surface area contributed by atoms with Crippen LogP contribution in [0, 0.1) is 5.92 Å². The Labute approximate surface area is 114 Å². The van der Waals surface area contributed by atoms with Crippen molar-refractivity contribution in [2.45, 2.75) is 51.1 Å². The summed E-state index contributed by atoms with van der Waals surface area (Å²) in [5.74, 6) is -0.939. The summed E-state index contributed by atoms with van der Waals surface area (Å²) < 4.78 is 0. The summed E-state index contributed by atoms with van der Waals surface area (Å²) in [5.41, 5.74) is 2.73. The number of carboxylic acids is 1. The lowest BCUT2D eigenvalue weighted by Crippen LogP contribution is -2.45. The summed E-state index contributed by atoms with van der Waals surface area (Å²) in [6.45, 7) is 1.82. The maximum absolute atomic E-state index is 11.1. The fourth-order valence-electron chi connectivity index (χ4n) is 3.35. The zero-order valence-electron chi connectivity index (χ0n) is 11.4. The fraction of sp³-hybridized carbons (Fsp3) is 0.562. The average Bonchev–Trinajstić information content (AvgIpc) is 2.66. The molecule has 1 aliphatic heterocycles. The molecule has 1 aromatic rings. The van der Waals surface area contributed by atoms with Crippen LogP contribution >= 0.6 is 0 Å². The lowest BCUT2D eigenvalue weighted by molar-refractivity contribution is -0.141. The molecule has 0 amide bonds. The molecular weight excluding hydrogens is 238 g/mol. The molecule has 1 N–H and O–H groups in total. The van der Waals surface area contributed by atoms with Crippen molar-refractivity contribution in [3.63, 3.8) is 0 Å². The van der Waals surface area contributed by atoms with Gasteiger partial charge in [0.25, 0.3) is 0 Å². The summed E-state index contributed by atoms with van der Waals surface area (Å²) in [5, 5.41) is 9.14. The lowest BCUT2D eigenvalue weighted by atomic mass is 9.89. The van der Waals surface area contributed by atoms with Crippen molar-refractivity contribution < 1.29 is 9.90 Å². The third-order valence-corrected chi connectivity index (χ3v) is 4.63. The standard InChI is InChI=1S/C16H21NO2/c1-11(16(18)19)9-14-10-12-5-2-3-8-15(12)17(14)13-6-4-7-13/h2-3,5,8,11,13-14H,4,6-7,9-10H2,1H3,(H,18,19). The Balaban J connectivity index is 1.83. The highest BCUT2D eigenvalue weighted by molar-refractivity contribution is 5.70. The van der Waals surface area contributed by atoms with Crippen LogP contribution in [0.5, 0.6) is 0 Å². The van der Waals surface area contributed by atoms with E-state index in [0.717, 1.165) is 12.8 Å². The molecule has 2 unspecified atom stereocenters. The van der Waals surface area contributed by atoms with Gasteiger partial charge in [0.15, 0.2) is 0 Å². The van der Waals surface area contributed by atoms with Gasteiger partial charge in [-0.15, -0.1) is 0 Å². The maximum atomic E-state index is 11.1. The van der Waals surface area contributed by atoms with Gasteiger partial charge in [-0.25, -0.2) is 0 Å². The van der Waals surface area contributed by atoms with E-state index in [4.69, 9.17) is 5.11 Å². The van der Waals surface area contributed by atoms with E-state index in [1.54, 1.807) is 0 Å². The number of para-hydroxylation sites is 1. The zero-order valence-corrected chi connectivity index (χ0v) is 11.4. The molecule has 0 radical (unpaired) electrons. The minimum Gasteiger partial charge on any atom is -0.481 e. The molecule has 1 heterocycles. The van der Waals surface area contributed by atoms with Gasteiger partial charge in [0.1, 0.15) is 0 Å². The number of aliphatic carboxylic acids is 1. The molecule has 3 nitrogen and oxygen atoms in total. The van der Waals surface area contributed by atoms with Crippen molar-refractivity contribution in [1.29, 1.82) is 0 Å². The minimum atomic E-state index is -0.676. The topological polar surface area (TPSA) is 40.5 Å². The summed E-state index contributed by atoms with van der Waals surface area (Å²) in [4.78, 5) is 13.6. The number of nitrogens with zero attached hydrogens (tertiary/aromatic N) is 1. The first-order valence-electron chi connectivity index (χ1n) is 7.26. The number of anilines is 1. The van der Waals surface area contributed by atoms with Crippen LogP contribution in [0.15, 0.2) is 24.3 Å². The SMILES string of the molecule is CC(CC1Cc2ccccc2N1C1CCC1)C(=O)O. The average molecular weight is 259 g/mol. The van der Waals surface area contributed by atoms with E-state index in [0.29, 0.717) is 12.1 Å². The van der Waals surface area contributed by atoms with Gasteiger partial charge in [-0.05, 0) is 43.7 Å². The molecule has 1 aliphatic carbocycles. The Morgan fingerprint density at radius 1 is 1.42 bits per heavy atom. The van der Waals surface area contributed by atoms with Crippen molar-refractivity contribution in [2.75, 3.05) is 4.90 Å². The van der Waals surface area contributed by atoms with E-state index in [1.165, 1.54) is 30.5 Å². The van der Waals surface area contributed by atoms with Crippen molar-refractivity contribution in [3.05, 3.63) is 29.8 Å². The van der Waals surface area contributed by atoms with Gasteiger partial charge in [-0.1, -0.05) is 25.1 Å². The first-order chi connectivity index (χ1) is 9.16. The second-order valence-electron chi connectivity index (χ2n) is 5.95. The number of hydrogen-bond donors (Lipinski definition) is 1. The largest absolute Gasteiger partial charge is 0.481 e. The first kappa shape index (κ1) is 12.5. The van der Waals surface area contributed by atoms with Crippen LogP contribution in [-0.4, -0.2) is 23.2 Å². The third-order valence-electron chi connectivity index (χ3n) is 4.63. The molecule has 3 heteroatoms. The van der Waals surface area contributed by atoms with E-state index in [9.17, 15) is 4.79 Å². The molecule has 2 aliphatic rings. The smallest absolute Gasteiger partial charge is 0.306 e. The summed E-state index contributed by atoms with van der Waals surface area (Å²) in [6.07, 6.45) is 5.58. The molecule has 0 spiro atoms. The number of rotatable bonds is 4. The molecule has 19 heavy (non-hydrogen) atoms. The number of carboxylic acid groups (broad SMARTS) is 1. The Hall–Kier alpha value is -1.51. The minimum absolute atomic E-state index is 0.262. The highest BCUT2D eigenvalue weighted by atomic mass is 16.4. The van der Waals surface area contributed by atoms with E-state index < -0.39 is 5.97 Å². The third kappa shape index (κ3) is 2.22. The van der Waals surface area contributed by atoms with Crippen LogP contribution in [0.1, 0.15) is 38.2 Å². The van der Waals surface area contributed by atoms with E-state index >= 15 is 0 Å². The van der Waals surface area contributed by atoms with Gasteiger partial charge in [-0.3, -0.25) is 4.79 Å². The predicted octanol–water partition coefficient (Wildman–Crippen LogP) is 3.08. The van der Waals surface area contributed by atoms with Crippen LogP contribution in [0.2, 0.25) is 0 Å². The summed E-state index contributed by atoms with van der Waals surface area (Å²) >= 11 is 0. The second kappa shape index (κ2) is 4.87. The Bertz CT molecular complexity index is 481. The van der Waals surface area contributed by atoms with Crippen molar-refractivity contribution in [3.8, 4) is 0 Å². The monoisotopic (exact) mass is 259 g/mol. The van der Waals surface area contributed by atoms with Gasteiger partial charge < -0.3 is 10.0 Å². The molecule has 0 aromatic heterocycles. The van der Waals surface area contributed by atoms with Gasteiger partial charge in [0.2, 0.25) is 0 Å². The lowest BCUT2D eigenvalue weighted by Gasteiger charge is -2.41. The van der Waals surface area contributed by atoms with Gasteiger partial charge in [-0.2, -0.15) is 0 Å². The summed E-state index contributed by atoms with van der Waals surface area (Å²) in [7, 11) is 0. The van der Waals surface area contributed by atoms with Crippen LogP contribution in [0.3, 0.4) is 0 Å². The molecule has 0 bridgehead atoms. The Morgan fingerprint density at radius 3 is 2.79 bits per heavy atom. The quantitative estimate of drug-likeness (QED) is 0.903. The molecule has 1 aromatic carbocycles. The predicted molar refractivity (Wildman–Crippen MR) is 75.5 cm³/mol. The van der Waals surface area contributed by atoms with Gasteiger partial charge >= 0.3 is 5.97 Å². The number of fused-ring (bicyclic) bond motifs is 1. The highest BCUT2D eigenvalue weighted by Crippen LogP contribution is 2.40. The van der Waals surface area contributed by atoms with Gasteiger partial charge in [0, 0.05) is 17.8 Å². The second-order valence-corrected chi connectivity index (χ2v) is 5.95. The van der Waals surface area contributed by atoms with Crippen molar-refractivity contribution in [2.24, 2.45) is 5.92 Å². The van der Waals surface area contributed by atoms with Crippen LogP contribution < -0.4 is 4.90 Å². The van der Waals surface area contributed by atoms with Crippen LogP contribution in [0.25, 0.3) is 0 Å². The number of carbonyl (C=O) groups is 1. The molecule has 0 saturated heterocycles. The molecule has 1 saturated carbocycles. The molecule has 1 fully saturated rings. The Morgan fingerprint density at radius 2 is 2.16 bits per heavy atom. The molecule has 2 atom stereocenters. The first-order valence-corrected chi connectivity index (χ1v) is 7.26. The van der Waals surface area contributed by atoms with Crippen molar-refractivity contribution >= 4 is 11.7 Å². The van der Waals surface area contributed by atoms with Crippen LogP contribution in [-0.2, 0) is 11.2 Å². The van der Waals surface area contributed by atoms with E-state index in [1.807, 2.05) is 6.92 Å². The maximum Gasteiger partial charge on any atom is 0.306 e. The van der Waals surface area contributed by atoms with Gasteiger partial charge in [0.05, 0.1) is 5.92 Å². The van der Waals surface area contributed by atoms with Crippen molar-refractivity contribution in [1.82, 2.24) is 0 Å². The summed E-state index contributed by atoms with van der Waals surface area (Å²) in [6, 6.07) is 9.56.